The molecule has 0 saturated carbocycles. The number of nitrogens with zero attached hydrogens (tertiary/aromatic N) is 2. The van der Waals surface area contributed by atoms with Gasteiger partial charge in [-0.25, -0.2) is 9.59 Å². The van der Waals surface area contributed by atoms with Crippen molar-refractivity contribution in [1.29, 1.82) is 0 Å². The van der Waals surface area contributed by atoms with Crippen LogP contribution in [0.4, 0.5) is 28.4 Å². The number of hydrogen-bond donors (Lipinski definition) is 2. The molecule has 0 unspecified atom stereocenters. The average molecular weight is 416 g/mol. The predicted octanol–water partition coefficient (Wildman–Crippen LogP) is 2.62. The monoisotopic (exact) mass is 416 g/mol. The molecule has 2 saturated heterocycles. The second-order valence-corrected chi connectivity index (χ2v) is 6.81. The normalized spacial score (nSPS) is 18.3. The fourth-order valence-electron chi connectivity index (χ4n) is 3.26. The number of piperidine rings is 1. The summed E-state index contributed by atoms with van der Waals surface area (Å²) in [5, 5.41) is 5.40. The highest BCUT2D eigenvalue weighted by Gasteiger charge is 2.31. The Bertz CT molecular complexity index is 700. The van der Waals surface area contributed by atoms with E-state index in [1.54, 1.807) is 9.80 Å². The Morgan fingerprint density at radius 3 is 2.17 bits per heavy atom. The number of urea groups is 2. The van der Waals surface area contributed by atoms with Gasteiger partial charge in [0.25, 0.3) is 0 Å². The lowest BCUT2D eigenvalue weighted by molar-refractivity contribution is -0.274. The van der Waals surface area contributed by atoms with Gasteiger partial charge in [-0.2, -0.15) is 0 Å². The molecule has 2 fully saturated rings. The van der Waals surface area contributed by atoms with Gasteiger partial charge in [0.1, 0.15) is 5.75 Å². The van der Waals surface area contributed by atoms with Gasteiger partial charge in [0, 0.05) is 37.9 Å². The van der Waals surface area contributed by atoms with Crippen LogP contribution >= 0.6 is 0 Å². The van der Waals surface area contributed by atoms with Gasteiger partial charge in [-0.15, -0.1) is 13.2 Å². The molecule has 0 bridgehead atoms. The summed E-state index contributed by atoms with van der Waals surface area (Å²) in [6.07, 6.45) is -3.51. The molecule has 0 spiro atoms. The van der Waals surface area contributed by atoms with Crippen LogP contribution in [0.2, 0.25) is 0 Å². The molecule has 3 rings (SSSR count). The lowest BCUT2D eigenvalue weighted by Gasteiger charge is -2.37. The van der Waals surface area contributed by atoms with Crippen molar-refractivity contribution in [3.8, 4) is 5.75 Å². The number of benzene rings is 1. The maximum absolute atomic E-state index is 12.5. The van der Waals surface area contributed by atoms with Crippen molar-refractivity contribution in [2.24, 2.45) is 0 Å². The fraction of sp³-hybridized carbons (Fsp3) is 0.556. The van der Waals surface area contributed by atoms with Gasteiger partial charge < -0.3 is 29.9 Å². The summed E-state index contributed by atoms with van der Waals surface area (Å²) in [6.45, 7) is 3.37. The zero-order valence-electron chi connectivity index (χ0n) is 15.7. The number of halogens is 3. The molecule has 1 aromatic rings. The number of alkyl halides is 3. The molecule has 8 nitrogen and oxygen atoms in total. The molecule has 0 radical (unpaired) electrons. The second kappa shape index (κ2) is 9.21. The maximum atomic E-state index is 12.5. The summed E-state index contributed by atoms with van der Waals surface area (Å²) >= 11 is 0. The third kappa shape index (κ3) is 6.41. The summed E-state index contributed by atoms with van der Waals surface area (Å²) in [5.41, 5.74) is 0.344. The molecule has 2 aliphatic rings. The number of carbonyl (C=O) groups excluding carboxylic acids is 2. The molecule has 0 atom stereocenters. The highest BCUT2D eigenvalue weighted by molar-refractivity contribution is 5.89. The molecule has 2 aliphatic heterocycles. The quantitative estimate of drug-likeness (QED) is 0.794. The first-order valence-electron chi connectivity index (χ1n) is 9.35. The first kappa shape index (κ1) is 21.0. The first-order valence-corrected chi connectivity index (χ1v) is 9.35. The third-order valence-electron chi connectivity index (χ3n) is 4.73. The van der Waals surface area contributed by atoms with Crippen LogP contribution < -0.4 is 15.4 Å². The zero-order chi connectivity index (χ0) is 20.9. The van der Waals surface area contributed by atoms with Crippen molar-refractivity contribution in [2.75, 3.05) is 44.7 Å². The van der Waals surface area contributed by atoms with Crippen LogP contribution in [0.15, 0.2) is 24.3 Å². The summed E-state index contributed by atoms with van der Waals surface area (Å²) in [4.78, 5) is 28.1. The Hall–Kier alpha value is -2.69. The van der Waals surface area contributed by atoms with Crippen molar-refractivity contribution in [1.82, 2.24) is 15.1 Å². The summed E-state index contributed by atoms with van der Waals surface area (Å²) < 4.78 is 45.5. The van der Waals surface area contributed by atoms with Crippen molar-refractivity contribution < 1.29 is 32.2 Å². The van der Waals surface area contributed by atoms with Crippen LogP contribution in [0.25, 0.3) is 0 Å². The largest absolute Gasteiger partial charge is 0.573 e. The molecule has 11 heteroatoms. The maximum Gasteiger partial charge on any atom is 0.573 e. The third-order valence-corrected chi connectivity index (χ3v) is 4.73. The lowest BCUT2D eigenvalue weighted by atomic mass is 10.1. The SMILES string of the molecule is O=C(Nc1ccc(OC(F)(F)F)cc1)NC1CCN(C(=O)N2CCOCC2)CC1. The Kier molecular flexibility index (Phi) is 6.68. The molecule has 160 valence electrons. The number of morpholine rings is 1. The number of anilines is 1. The van der Waals surface area contributed by atoms with Gasteiger partial charge in [-0.05, 0) is 37.1 Å². The Balaban J connectivity index is 1.41. The topological polar surface area (TPSA) is 83.1 Å². The zero-order valence-corrected chi connectivity index (χ0v) is 15.7. The van der Waals surface area contributed by atoms with Gasteiger partial charge in [-0.1, -0.05) is 0 Å². The number of nitrogens with one attached hydrogen (secondary N) is 2. The number of likely N-dealkylation sites (tertiary alicyclic amines) is 1. The molecular weight excluding hydrogens is 393 g/mol. The number of hydrogen-bond acceptors (Lipinski definition) is 4. The minimum atomic E-state index is -4.76. The molecule has 0 aromatic heterocycles. The van der Waals surface area contributed by atoms with E-state index in [9.17, 15) is 22.8 Å². The Morgan fingerprint density at radius 2 is 1.59 bits per heavy atom. The van der Waals surface area contributed by atoms with Gasteiger partial charge >= 0.3 is 18.4 Å². The average Bonchev–Trinajstić information content (AvgIpc) is 2.69. The van der Waals surface area contributed by atoms with Crippen molar-refractivity contribution >= 4 is 17.7 Å². The smallest absolute Gasteiger partial charge is 0.406 e. The van der Waals surface area contributed by atoms with Crippen LogP contribution in [0, 0.1) is 0 Å². The summed E-state index contributed by atoms with van der Waals surface area (Å²) in [5.74, 6) is -0.360. The van der Waals surface area contributed by atoms with Crippen molar-refractivity contribution in [2.45, 2.75) is 25.2 Å². The molecule has 1 aromatic carbocycles. The number of carbonyl (C=O) groups is 2. The Labute approximate surface area is 165 Å². The van der Waals surface area contributed by atoms with E-state index in [0.717, 1.165) is 12.1 Å². The minimum absolute atomic E-state index is 0.00244. The van der Waals surface area contributed by atoms with E-state index >= 15 is 0 Å². The minimum Gasteiger partial charge on any atom is -0.406 e. The molecule has 0 aliphatic carbocycles. The van der Waals surface area contributed by atoms with Crippen LogP contribution in [0.3, 0.4) is 0 Å². The van der Waals surface area contributed by atoms with E-state index in [1.165, 1.54) is 12.1 Å². The van der Waals surface area contributed by atoms with E-state index in [1.807, 2.05) is 0 Å². The van der Waals surface area contributed by atoms with Crippen LogP contribution in [-0.2, 0) is 4.74 Å². The second-order valence-electron chi connectivity index (χ2n) is 6.81. The summed E-state index contributed by atoms with van der Waals surface area (Å²) in [7, 11) is 0. The van der Waals surface area contributed by atoms with Gasteiger partial charge in [0.2, 0.25) is 0 Å². The lowest BCUT2D eigenvalue weighted by Crippen LogP contribution is -2.53. The van der Waals surface area contributed by atoms with Gasteiger partial charge in [-0.3, -0.25) is 0 Å². The predicted molar refractivity (Wildman–Crippen MR) is 97.7 cm³/mol. The van der Waals surface area contributed by atoms with Crippen LogP contribution in [0.5, 0.6) is 5.75 Å². The van der Waals surface area contributed by atoms with E-state index < -0.39 is 12.4 Å². The van der Waals surface area contributed by atoms with Crippen LogP contribution in [-0.4, -0.2) is 73.7 Å². The highest BCUT2D eigenvalue weighted by atomic mass is 19.4. The number of rotatable bonds is 3. The first-order chi connectivity index (χ1) is 13.8. The van der Waals surface area contributed by atoms with Crippen molar-refractivity contribution in [3.63, 3.8) is 0 Å². The summed E-state index contributed by atoms with van der Waals surface area (Å²) in [6, 6.07) is 4.35. The molecule has 29 heavy (non-hydrogen) atoms. The molecular formula is C18H23F3N4O4. The number of ether oxygens (including phenoxy) is 2. The fourth-order valence-corrected chi connectivity index (χ4v) is 3.26. The number of amides is 4. The molecule has 2 heterocycles. The van der Waals surface area contributed by atoms with Gasteiger partial charge in [0.15, 0.2) is 0 Å². The van der Waals surface area contributed by atoms with E-state index in [4.69, 9.17) is 4.74 Å². The van der Waals surface area contributed by atoms with Crippen molar-refractivity contribution in [3.05, 3.63) is 24.3 Å². The highest BCUT2D eigenvalue weighted by Crippen LogP contribution is 2.24. The molecule has 2 N–H and O–H groups in total. The van der Waals surface area contributed by atoms with E-state index in [-0.39, 0.29) is 17.8 Å². The van der Waals surface area contributed by atoms with E-state index in [0.29, 0.717) is 57.9 Å². The standard InChI is InChI=1S/C18H23F3N4O4/c19-18(20,21)29-15-3-1-13(2-4-15)22-16(26)23-14-5-7-24(8-6-14)17(27)25-9-11-28-12-10-25/h1-4,14H,5-12H2,(H2,22,23,26). The van der Waals surface area contributed by atoms with Gasteiger partial charge in [0.05, 0.1) is 13.2 Å². The Morgan fingerprint density at radius 1 is 1.00 bits per heavy atom. The molecule has 4 amide bonds. The van der Waals surface area contributed by atoms with E-state index in [2.05, 4.69) is 15.4 Å². The van der Waals surface area contributed by atoms with Crippen LogP contribution in [0.1, 0.15) is 12.8 Å².